The molecule has 1 amide bonds. The number of nitriles is 1. The normalized spacial score (nSPS) is 13.9. The van der Waals surface area contributed by atoms with Gasteiger partial charge in [0.25, 0.3) is 5.91 Å². The second kappa shape index (κ2) is 4.42. The molecule has 0 aromatic carbocycles. The van der Waals surface area contributed by atoms with Gasteiger partial charge in [0.2, 0.25) is 0 Å². The van der Waals surface area contributed by atoms with E-state index < -0.39 is 0 Å². The SMILES string of the molecule is CN(C)C(=O)c1nc(C#N)ccc1OC1CC1. The molecular formula is C12H13N3O2. The zero-order valence-electron chi connectivity index (χ0n) is 9.80. The van der Waals surface area contributed by atoms with Crippen molar-refractivity contribution in [3.05, 3.63) is 23.5 Å². The summed E-state index contributed by atoms with van der Waals surface area (Å²) in [7, 11) is 3.29. The number of aromatic nitrogens is 1. The highest BCUT2D eigenvalue weighted by Crippen LogP contribution is 2.28. The van der Waals surface area contributed by atoms with Crippen LogP contribution in [0, 0.1) is 11.3 Å². The second-order valence-corrected chi connectivity index (χ2v) is 4.17. The van der Waals surface area contributed by atoms with Crippen LogP contribution in [0.5, 0.6) is 5.75 Å². The first-order valence-corrected chi connectivity index (χ1v) is 5.41. The zero-order valence-corrected chi connectivity index (χ0v) is 9.80. The molecule has 17 heavy (non-hydrogen) atoms. The van der Waals surface area contributed by atoms with E-state index in [4.69, 9.17) is 10.00 Å². The second-order valence-electron chi connectivity index (χ2n) is 4.17. The summed E-state index contributed by atoms with van der Waals surface area (Å²) in [6.07, 6.45) is 2.21. The Balaban J connectivity index is 2.36. The largest absolute Gasteiger partial charge is 0.488 e. The van der Waals surface area contributed by atoms with Crippen molar-refractivity contribution >= 4 is 5.91 Å². The lowest BCUT2D eigenvalue weighted by atomic mass is 10.2. The van der Waals surface area contributed by atoms with Crippen LogP contribution < -0.4 is 4.74 Å². The highest BCUT2D eigenvalue weighted by atomic mass is 16.5. The lowest BCUT2D eigenvalue weighted by Crippen LogP contribution is -2.24. The van der Waals surface area contributed by atoms with Crippen molar-refractivity contribution < 1.29 is 9.53 Å². The molecule has 88 valence electrons. The first-order chi connectivity index (χ1) is 8.11. The van der Waals surface area contributed by atoms with Gasteiger partial charge in [-0.1, -0.05) is 0 Å². The minimum absolute atomic E-state index is 0.193. The molecule has 0 bridgehead atoms. The minimum atomic E-state index is -0.252. The fourth-order valence-electron chi connectivity index (χ4n) is 1.33. The summed E-state index contributed by atoms with van der Waals surface area (Å²) < 4.78 is 5.61. The van der Waals surface area contributed by atoms with Crippen LogP contribution in [0.4, 0.5) is 0 Å². The number of amides is 1. The van der Waals surface area contributed by atoms with Gasteiger partial charge in [0.15, 0.2) is 11.4 Å². The Hall–Kier alpha value is -2.09. The number of rotatable bonds is 3. The van der Waals surface area contributed by atoms with E-state index in [1.807, 2.05) is 6.07 Å². The van der Waals surface area contributed by atoms with Gasteiger partial charge in [-0.15, -0.1) is 0 Å². The molecular weight excluding hydrogens is 218 g/mol. The Morgan fingerprint density at radius 1 is 1.53 bits per heavy atom. The third-order valence-corrected chi connectivity index (χ3v) is 2.40. The molecule has 0 atom stereocenters. The number of carbonyl (C=O) groups excluding carboxylic acids is 1. The molecule has 0 radical (unpaired) electrons. The summed E-state index contributed by atoms with van der Waals surface area (Å²) in [6, 6.07) is 5.12. The first-order valence-electron chi connectivity index (χ1n) is 5.41. The van der Waals surface area contributed by atoms with Crippen LogP contribution in [-0.4, -0.2) is 36.0 Å². The number of ether oxygens (including phenoxy) is 1. The van der Waals surface area contributed by atoms with E-state index in [0.717, 1.165) is 12.8 Å². The quantitative estimate of drug-likeness (QED) is 0.783. The standard InChI is InChI=1S/C12H13N3O2/c1-15(2)12(16)11-10(17-9-4-5-9)6-3-8(7-13)14-11/h3,6,9H,4-5H2,1-2H3. The van der Waals surface area contributed by atoms with Gasteiger partial charge in [-0.25, -0.2) is 4.98 Å². The van der Waals surface area contributed by atoms with Gasteiger partial charge in [-0.3, -0.25) is 4.79 Å². The van der Waals surface area contributed by atoms with Gasteiger partial charge in [-0.05, 0) is 25.0 Å². The Morgan fingerprint density at radius 3 is 2.76 bits per heavy atom. The molecule has 1 aromatic rings. The van der Waals surface area contributed by atoms with Crippen molar-refractivity contribution in [3.8, 4) is 11.8 Å². The predicted octanol–water partition coefficient (Wildman–Crippen LogP) is 1.20. The van der Waals surface area contributed by atoms with Crippen LogP contribution in [0.2, 0.25) is 0 Å². The first kappa shape index (κ1) is 11.4. The molecule has 1 heterocycles. The van der Waals surface area contributed by atoms with Crippen LogP contribution in [0.15, 0.2) is 12.1 Å². The molecule has 0 N–H and O–H groups in total. The van der Waals surface area contributed by atoms with Crippen LogP contribution in [0.3, 0.4) is 0 Å². The molecule has 1 saturated carbocycles. The van der Waals surface area contributed by atoms with E-state index in [9.17, 15) is 4.79 Å². The molecule has 5 heteroatoms. The maximum Gasteiger partial charge on any atom is 0.275 e. The molecule has 1 aliphatic rings. The summed E-state index contributed by atoms with van der Waals surface area (Å²) in [5.41, 5.74) is 0.430. The van der Waals surface area contributed by atoms with Gasteiger partial charge < -0.3 is 9.64 Å². The smallest absolute Gasteiger partial charge is 0.275 e. The molecule has 5 nitrogen and oxygen atoms in total. The average Bonchev–Trinajstić information content (AvgIpc) is 3.12. The minimum Gasteiger partial charge on any atom is -0.488 e. The molecule has 1 aliphatic carbocycles. The van der Waals surface area contributed by atoms with E-state index in [1.54, 1.807) is 26.2 Å². The Bertz CT molecular complexity index is 487. The number of pyridine rings is 1. The summed E-state index contributed by atoms with van der Waals surface area (Å²) in [6.45, 7) is 0. The van der Waals surface area contributed by atoms with Crippen molar-refractivity contribution in [3.63, 3.8) is 0 Å². The fourth-order valence-corrected chi connectivity index (χ4v) is 1.33. The maximum atomic E-state index is 11.9. The van der Waals surface area contributed by atoms with Gasteiger partial charge in [0, 0.05) is 14.1 Å². The lowest BCUT2D eigenvalue weighted by Gasteiger charge is -2.13. The Morgan fingerprint density at radius 2 is 2.24 bits per heavy atom. The van der Waals surface area contributed by atoms with Crippen LogP contribution in [0.25, 0.3) is 0 Å². The van der Waals surface area contributed by atoms with E-state index in [-0.39, 0.29) is 23.4 Å². The van der Waals surface area contributed by atoms with Crippen LogP contribution in [0.1, 0.15) is 29.0 Å². The van der Waals surface area contributed by atoms with Crippen molar-refractivity contribution in [2.75, 3.05) is 14.1 Å². The third-order valence-electron chi connectivity index (χ3n) is 2.40. The van der Waals surface area contributed by atoms with E-state index in [1.165, 1.54) is 4.90 Å². The van der Waals surface area contributed by atoms with Crippen molar-refractivity contribution in [1.82, 2.24) is 9.88 Å². The summed E-state index contributed by atoms with van der Waals surface area (Å²) >= 11 is 0. The summed E-state index contributed by atoms with van der Waals surface area (Å²) in [5.74, 6) is 0.211. The Labute approximate surface area is 99.6 Å². The van der Waals surface area contributed by atoms with E-state index in [2.05, 4.69) is 4.98 Å². The lowest BCUT2D eigenvalue weighted by molar-refractivity contribution is 0.0816. The predicted molar refractivity (Wildman–Crippen MR) is 60.6 cm³/mol. The van der Waals surface area contributed by atoms with Crippen molar-refractivity contribution in [1.29, 1.82) is 5.26 Å². The molecule has 1 aromatic heterocycles. The van der Waals surface area contributed by atoms with Gasteiger partial charge in [0.1, 0.15) is 11.8 Å². The molecule has 0 aliphatic heterocycles. The van der Waals surface area contributed by atoms with E-state index in [0.29, 0.717) is 5.75 Å². The monoisotopic (exact) mass is 231 g/mol. The van der Waals surface area contributed by atoms with Gasteiger partial charge in [-0.2, -0.15) is 5.26 Å². The summed E-state index contributed by atoms with van der Waals surface area (Å²) in [4.78, 5) is 17.3. The number of hydrogen-bond donors (Lipinski definition) is 0. The molecule has 2 rings (SSSR count). The topological polar surface area (TPSA) is 66.2 Å². The van der Waals surface area contributed by atoms with E-state index >= 15 is 0 Å². The number of hydrogen-bond acceptors (Lipinski definition) is 4. The number of nitrogens with zero attached hydrogens (tertiary/aromatic N) is 3. The maximum absolute atomic E-state index is 11.9. The molecule has 0 unspecified atom stereocenters. The average molecular weight is 231 g/mol. The van der Waals surface area contributed by atoms with Crippen molar-refractivity contribution in [2.24, 2.45) is 0 Å². The highest BCUT2D eigenvalue weighted by molar-refractivity contribution is 5.94. The highest BCUT2D eigenvalue weighted by Gasteiger charge is 2.27. The molecule has 0 spiro atoms. The Kier molecular flexibility index (Phi) is 2.96. The van der Waals surface area contributed by atoms with Gasteiger partial charge >= 0.3 is 0 Å². The fraction of sp³-hybridized carbons (Fsp3) is 0.417. The molecule has 1 fully saturated rings. The van der Waals surface area contributed by atoms with Crippen LogP contribution >= 0.6 is 0 Å². The summed E-state index contributed by atoms with van der Waals surface area (Å²) in [5, 5.41) is 8.79. The van der Waals surface area contributed by atoms with Gasteiger partial charge in [0.05, 0.1) is 6.10 Å². The third kappa shape index (κ3) is 2.53. The molecule has 0 saturated heterocycles. The van der Waals surface area contributed by atoms with Crippen molar-refractivity contribution in [2.45, 2.75) is 18.9 Å². The van der Waals surface area contributed by atoms with Crippen LogP contribution in [-0.2, 0) is 0 Å². The zero-order chi connectivity index (χ0) is 12.4. The number of carbonyl (C=O) groups is 1.